The molecule has 0 aromatic rings. The number of allylic oxidation sites excluding steroid dienone is 1. The minimum atomic E-state index is -0.512. The predicted octanol–water partition coefficient (Wildman–Crippen LogP) is 2.26. The Morgan fingerprint density at radius 3 is 2.40 bits per heavy atom. The smallest absolute Gasteiger partial charge is 0.0828 e. The summed E-state index contributed by atoms with van der Waals surface area (Å²) in [4.78, 5) is 0. The first kappa shape index (κ1) is 7.80. The molecule has 1 nitrogen and oxygen atoms in total. The highest BCUT2D eigenvalue weighted by Crippen LogP contribution is 2.32. The number of rotatable bonds is 0. The molecule has 0 amide bonds. The van der Waals surface area contributed by atoms with Crippen molar-refractivity contribution < 1.29 is 5.11 Å². The van der Waals surface area contributed by atoms with Crippen molar-refractivity contribution in [3.05, 3.63) is 11.1 Å². The van der Waals surface area contributed by atoms with Crippen molar-refractivity contribution in [2.24, 2.45) is 0 Å². The van der Waals surface area contributed by atoms with Gasteiger partial charge in [0, 0.05) is 0 Å². The molecule has 1 heteroatoms. The van der Waals surface area contributed by atoms with Gasteiger partial charge in [-0.3, -0.25) is 0 Å². The average Bonchev–Trinajstić information content (AvgIpc) is 1.83. The molecule has 1 unspecified atom stereocenters. The van der Waals surface area contributed by atoms with Crippen LogP contribution in [0, 0.1) is 0 Å². The molecule has 0 aromatic carbocycles. The highest BCUT2D eigenvalue weighted by Gasteiger charge is 2.26. The lowest BCUT2D eigenvalue weighted by molar-refractivity contribution is 0.0794. The third kappa shape index (κ3) is 1.24. The van der Waals surface area contributed by atoms with Crippen molar-refractivity contribution in [1.82, 2.24) is 0 Å². The summed E-state index contributed by atoms with van der Waals surface area (Å²) in [5.74, 6) is 0. The van der Waals surface area contributed by atoms with Crippen LogP contribution < -0.4 is 0 Å². The fourth-order valence-corrected chi connectivity index (χ4v) is 1.53. The second-order valence-corrected chi connectivity index (χ2v) is 3.53. The van der Waals surface area contributed by atoms with E-state index in [0.717, 1.165) is 12.8 Å². The Morgan fingerprint density at radius 1 is 1.40 bits per heavy atom. The first-order chi connectivity index (χ1) is 4.54. The van der Waals surface area contributed by atoms with E-state index in [-0.39, 0.29) is 0 Å². The van der Waals surface area contributed by atoms with E-state index in [0.29, 0.717) is 0 Å². The van der Waals surface area contributed by atoms with Crippen molar-refractivity contribution in [1.29, 1.82) is 0 Å². The van der Waals surface area contributed by atoms with E-state index in [1.807, 2.05) is 13.8 Å². The first-order valence-corrected chi connectivity index (χ1v) is 3.93. The van der Waals surface area contributed by atoms with E-state index < -0.39 is 5.60 Å². The summed E-state index contributed by atoms with van der Waals surface area (Å²) < 4.78 is 0. The van der Waals surface area contributed by atoms with Crippen LogP contribution in [0.5, 0.6) is 0 Å². The summed E-state index contributed by atoms with van der Waals surface area (Å²) in [6, 6.07) is 0. The predicted molar refractivity (Wildman–Crippen MR) is 42.8 cm³/mol. The lowest BCUT2D eigenvalue weighted by Gasteiger charge is -2.30. The molecule has 1 rings (SSSR count). The van der Waals surface area contributed by atoms with E-state index >= 15 is 0 Å². The zero-order chi connectivity index (χ0) is 7.78. The number of aliphatic hydroxyl groups is 1. The van der Waals surface area contributed by atoms with Crippen LogP contribution in [0.15, 0.2) is 11.1 Å². The van der Waals surface area contributed by atoms with Gasteiger partial charge in [0.05, 0.1) is 5.60 Å². The topological polar surface area (TPSA) is 20.2 Å². The largest absolute Gasteiger partial charge is 0.386 e. The SMILES string of the molecule is CC1=C(C)C(C)(O)CCC1. The molecule has 0 bridgehead atoms. The van der Waals surface area contributed by atoms with Crippen LogP contribution in [0.2, 0.25) is 0 Å². The lowest BCUT2D eigenvalue weighted by atomic mass is 9.82. The summed E-state index contributed by atoms with van der Waals surface area (Å²) in [5, 5.41) is 9.76. The fraction of sp³-hybridized carbons (Fsp3) is 0.778. The second-order valence-electron chi connectivity index (χ2n) is 3.53. The molecule has 1 aliphatic rings. The van der Waals surface area contributed by atoms with Gasteiger partial charge in [0.2, 0.25) is 0 Å². The molecule has 0 saturated heterocycles. The van der Waals surface area contributed by atoms with Gasteiger partial charge in [-0.05, 0) is 45.6 Å². The van der Waals surface area contributed by atoms with Crippen molar-refractivity contribution in [3.8, 4) is 0 Å². The van der Waals surface area contributed by atoms with Gasteiger partial charge in [-0.15, -0.1) is 0 Å². The fourth-order valence-electron chi connectivity index (χ4n) is 1.53. The van der Waals surface area contributed by atoms with Crippen LogP contribution in [-0.4, -0.2) is 10.7 Å². The van der Waals surface area contributed by atoms with Crippen molar-refractivity contribution in [2.75, 3.05) is 0 Å². The second kappa shape index (κ2) is 2.39. The van der Waals surface area contributed by atoms with E-state index in [9.17, 15) is 5.11 Å². The molecule has 0 aromatic heterocycles. The summed E-state index contributed by atoms with van der Waals surface area (Å²) >= 11 is 0. The van der Waals surface area contributed by atoms with E-state index in [4.69, 9.17) is 0 Å². The molecule has 0 aliphatic heterocycles. The molecule has 58 valence electrons. The van der Waals surface area contributed by atoms with Crippen molar-refractivity contribution in [2.45, 2.75) is 45.6 Å². The summed E-state index contributed by atoms with van der Waals surface area (Å²) in [7, 11) is 0. The van der Waals surface area contributed by atoms with Gasteiger partial charge in [0.1, 0.15) is 0 Å². The summed E-state index contributed by atoms with van der Waals surface area (Å²) in [6.07, 6.45) is 3.23. The number of hydrogen-bond acceptors (Lipinski definition) is 1. The third-order valence-corrected chi connectivity index (χ3v) is 2.66. The minimum Gasteiger partial charge on any atom is -0.386 e. The molecule has 0 spiro atoms. The van der Waals surface area contributed by atoms with E-state index in [2.05, 4.69) is 6.92 Å². The zero-order valence-corrected chi connectivity index (χ0v) is 7.07. The molecule has 1 aliphatic carbocycles. The van der Waals surface area contributed by atoms with Crippen LogP contribution in [0.4, 0.5) is 0 Å². The average molecular weight is 140 g/mol. The Balaban J connectivity index is 2.89. The van der Waals surface area contributed by atoms with Crippen molar-refractivity contribution in [3.63, 3.8) is 0 Å². The molecule has 1 atom stereocenters. The molecule has 10 heavy (non-hydrogen) atoms. The number of hydrogen-bond donors (Lipinski definition) is 1. The van der Waals surface area contributed by atoms with Crippen LogP contribution in [0.1, 0.15) is 40.0 Å². The van der Waals surface area contributed by atoms with E-state index in [1.54, 1.807) is 0 Å². The zero-order valence-electron chi connectivity index (χ0n) is 7.07. The maximum atomic E-state index is 9.76. The Hall–Kier alpha value is -0.300. The molecule has 0 saturated carbocycles. The molecular weight excluding hydrogens is 124 g/mol. The Morgan fingerprint density at radius 2 is 2.00 bits per heavy atom. The standard InChI is InChI=1S/C9H16O/c1-7-5-4-6-9(3,10)8(7)2/h10H,4-6H2,1-3H3. The van der Waals surface area contributed by atoms with Crippen LogP contribution in [0.25, 0.3) is 0 Å². The Labute approximate surface area is 62.8 Å². The van der Waals surface area contributed by atoms with Gasteiger partial charge >= 0.3 is 0 Å². The minimum absolute atomic E-state index is 0.512. The first-order valence-electron chi connectivity index (χ1n) is 3.93. The Bertz CT molecular complexity index is 166. The van der Waals surface area contributed by atoms with Gasteiger partial charge < -0.3 is 5.11 Å². The third-order valence-electron chi connectivity index (χ3n) is 2.66. The molecule has 0 heterocycles. The highest BCUT2D eigenvalue weighted by atomic mass is 16.3. The molecular formula is C9H16O. The van der Waals surface area contributed by atoms with Crippen LogP contribution in [0.3, 0.4) is 0 Å². The van der Waals surface area contributed by atoms with Crippen LogP contribution in [-0.2, 0) is 0 Å². The monoisotopic (exact) mass is 140 g/mol. The maximum Gasteiger partial charge on any atom is 0.0828 e. The highest BCUT2D eigenvalue weighted by molar-refractivity contribution is 5.22. The molecule has 1 N–H and O–H groups in total. The lowest BCUT2D eigenvalue weighted by Crippen LogP contribution is -2.29. The quantitative estimate of drug-likeness (QED) is 0.512. The van der Waals surface area contributed by atoms with Gasteiger partial charge in [-0.2, -0.15) is 0 Å². The maximum absolute atomic E-state index is 9.76. The van der Waals surface area contributed by atoms with Gasteiger partial charge in [-0.1, -0.05) is 5.57 Å². The summed E-state index contributed by atoms with van der Waals surface area (Å²) in [5.41, 5.74) is 2.04. The molecule has 0 fully saturated rings. The normalized spacial score (nSPS) is 34.8. The Kier molecular flexibility index (Phi) is 1.86. The molecule has 0 radical (unpaired) electrons. The van der Waals surface area contributed by atoms with Gasteiger partial charge in [-0.25, -0.2) is 0 Å². The van der Waals surface area contributed by atoms with E-state index in [1.165, 1.54) is 17.6 Å². The van der Waals surface area contributed by atoms with Gasteiger partial charge in [0.15, 0.2) is 0 Å². The summed E-state index contributed by atoms with van der Waals surface area (Å²) in [6.45, 7) is 6.06. The van der Waals surface area contributed by atoms with Crippen LogP contribution >= 0.6 is 0 Å². The van der Waals surface area contributed by atoms with Gasteiger partial charge in [0.25, 0.3) is 0 Å². The van der Waals surface area contributed by atoms with Crippen molar-refractivity contribution >= 4 is 0 Å².